The van der Waals surface area contributed by atoms with Gasteiger partial charge >= 0.3 is 6.09 Å². The molecule has 5 N–H and O–H groups in total. The van der Waals surface area contributed by atoms with Gasteiger partial charge in [-0.05, 0) is 84.3 Å². The molecule has 2 fully saturated rings. The van der Waals surface area contributed by atoms with Crippen molar-refractivity contribution >= 4 is 93.4 Å². The minimum atomic E-state index is -0.468. The molecule has 13 heteroatoms. The Kier molecular flexibility index (Phi) is 11.2. The van der Waals surface area contributed by atoms with E-state index in [0.29, 0.717) is 18.1 Å². The zero-order valence-electron chi connectivity index (χ0n) is 28.6. The van der Waals surface area contributed by atoms with Crippen LogP contribution in [0.15, 0.2) is 61.2 Å². The summed E-state index contributed by atoms with van der Waals surface area (Å²) >= 11 is 3.42. The van der Waals surface area contributed by atoms with Gasteiger partial charge in [0.15, 0.2) is 0 Å². The number of benzene rings is 2. The van der Waals surface area contributed by atoms with Gasteiger partial charge in [-0.1, -0.05) is 36.4 Å². The van der Waals surface area contributed by atoms with Crippen molar-refractivity contribution in [3.63, 3.8) is 0 Å². The van der Waals surface area contributed by atoms with Gasteiger partial charge in [-0.3, -0.25) is 0 Å². The molecule has 0 radical (unpaired) electrons. The van der Waals surface area contributed by atoms with Crippen molar-refractivity contribution in [3.8, 4) is 0 Å². The van der Waals surface area contributed by atoms with E-state index in [-0.39, 0.29) is 24.5 Å². The smallest absolute Gasteiger partial charge is 0.407 e. The van der Waals surface area contributed by atoms with Gasteiger partial charge in [0.05, 0.1) is 10.8 Å². The van der Waals surface area contributed by atoms with Crippen molar-refractivity contribution in [2.75, 3.05) is 10.6 Å². The van der Waals surface area contributed by atoms with Crippen LogP contribution in [-0.4, -0.2) is 55.8 Å². The highest BCUT2D eigenvalue weighted by atomic mass is 35.5. The van der Waals surface area contributed by atoms with Crippen LogP contribution in [0.5, 0.6) is 0 Å². The van der Waals surface area contributed by atoms with Crippen molar-refractivity contribution in [1.82, 2.24) is 25.3 Å². The summed E-state index contributed by atoms with van der Waals surface area (Å²) in [7, 11) is 0. The summed E-state index contributed by atoms with van der Waals surface area (Å²) in [5, 5.41) is 15.0. The van der Waals surface area contributed by atoms with Crippen LogP contribution >= 0.6 is 35.1 Å². The van der Waals surface area contributed by atoms with E-state index in [4.69, 9.17) is 10.5 Å². The fourth-order valence-corrected chi connectivity index (χ4v) is 8.92. The Morgan fingerprint density at radius 3 is 1.62 bits per heavy atom. The predicted molar refractivity (Wildman–Crippen MR) is 210 cm³/mol. The molecule has 264 valence electrons. The Morgan fingerprint density at radius 2 is 1.14 bits per heavy atom. The van der Waals surface area contributed by atoms with E-state index in [1.807, 2.05) is 20.8 Å². The predicted octanol–water partition coefficient (Wildman–Crippen LogP) is 9.04. The van der Waals surface area contributed by atoms with E-state index < -0.39 is 5.60 Å². The number of carbonyl (C=O) groups excluding carboxylic acids is 1. The first-order chi connectivity index (χ1) is 23.7. The fraction of sp³-hybridized carbons (Fsp3) is 0.432. The van der Waals surface area contributed by atoms with Gasteiger partial charge in [-0.2, -0.15) is 0 Å². The second-order valence-electron chi connectivity index (χ2n) is 14.1. The summed E-state index contributed by atoms with van der Waals surface area (Å²) in [6.07, 6.45) is 11.2. The molecule has 6 aromatic rings. The number of rotatable bonds is 5. The maximum Gasteiger partial charge on any atom is 0.407 e. The van der Waals surface area contributed by atoms with Crippen LogP contribution in [0.2, 0.25) is 0 Å². The zero-order chi connectivity index (χ0) is 34.0. The number of nitrogens with zero attached hydrogens (tertiary/aromatic N) is 4. The van der Waals surface area contributed by atoms with Crippen molar-refractivity contribution in [2.24, 2.45) is 5.73 Å². The molecule has 50 heavy (non-hydrogen) atoms. The average Bonchev–Trinajstić information content (AvgIpc) is 3.66. The molecule has 0 atom stereocenters. The van der Waals surface area contributed by atoms with E-state index in [0.717, 1.165) is 83.4 Å². The minimum Gasteiger partial charge on any atom is -0.444 e. The summed E-state index contributed by atoms with van der Waals surface area (Å²) in [6, 6.07) is 18.2. The number of nitrogens with one attached hydrogen (secondary N) is 3. The highest BCUT2D eigenvalue weighted by Crippen LogP contribution is 2.38. The SMILES string of the molecule is CC(C)(C)OC(=O)NC1CCC(Nc2ncnc3sc4ccccc4c23)CC1.Cl.NC1CCC(Nc2ncnc3sc4ccccc4c23)CC1. The topological polar surface area (TPSA) is 140 Å². The quantitative estimate of drug-likeness (QED) is 0.137. The highest BCUT2D eigenvalue weighted by Gasteiger charge is 2.26. The number of nitrogens with two attached hydrogens (primary N) is 1. The lowest BCUT2D eigenvalue weighted by Crippen LogP contribution is -2.42. The lowest BCUT2D eigenvalue weighted by atomic mass is 9.91. The van der Waals surface area contributed by atoms with Gasteiger partial charge in [0.25, 0.3) is 0 Å². The van der Waals surface area contributed by atoms with E-state index in [9.17, 15) is 4.79 Å². The molecule has 4 aromatic heterocycles. The molecular weight excluding hydrogens is 688 g/mol. The van der Waals surface area contributed by atoms with Crippen molar-refractivity contribution in [2.45, 2.75) is 102 Å². The van der Waals surface area contributed by atoms with Gasteiger partial charge in [0, 0.05) is 44.3 Å². The Hall–Kier alpha value is -3.84. The lowest BCUT2D eigenvalue weighted by molar-refractivity contribution is 0.0492. The van der Waals surface area contributed by atoms with E-state index >= 15 is 0 Å². The lowest BCUT2D eigenvalue weighted by Gasteiger charge is -2.30. The molecule has 2 saturated carbocycles. The number of aromatic nitrogens is 4. The molecule has 4 heterocycles. The minimum absolute atomic E-state index is 0. The molecule has 2 aliphatic carbocycles. The van der Waals surface area contributed by atoms with Crippen LogP contribution in [0, 0.1) is 0 Å². The molecule has 8 rings (SSSR count). The van der Waals surface area contributed by atoms with Crippen LogP contribution in [0.4, 0.5) is 16.4 Å². The second kappa shape index (κ2) is 15.6. The first kappa shape index (κ1) is 36.0. The van der Waals surface area contributed by atoms with Crippen LogP contribution < -0.4 is 21.7 Å². The monoisotopic (exact) mass is 732 g/mol. The number of ether oxygens (including phenoxy) is 1. The van der Waals surface area contributed by atoms with Gasteiger partial charge in [0.1, 0.15) is 39.6 Å². The number of hydrogen-bond donors (Lipinski definition) is 4. The third kappa shape index (κ3) is 8.37. The number of hydrogen-bond acceptors (Lipinski definition) is 11. The van der Waals surface area contributed by atoms with Crippen molar-refractivity contribution in [1.29, 1.82) is 0 Å². The van der Waals surface area contributed by atoms with E-state index in [1.165, 1.54) is 20.2 Å². The summed E-state index contributed by atoms with van der Waals surface area (Å²) in [5.74, 6) is 1.88. The van der Waals surface area contributed by atoms with Gasteiger partial charge in [0.2, 0.25) is 0 Å². The maximum absolute atomic E-state index is 12.0. The summed E-state index contributed by atoms with van der Waals surface area (Å²) in [4.78, 5) is 32.0. The normalized spacial score (nSPS) is 20.9. The molecule has 0 aliphatic heterocycles. The zero-order valence-corrected chi connectivity index (χ0v) is 31.1. The molecule has 2 aliphatic rings. The Labute approximate surface area is 306 Å². The van der Waals surface area contributed by atoms with Crippen LogP contribution in [0.1, 0.15) is 72.1 Å². The number of carbonyl (C=O) groups is 1. The number of halogens is 1. The molecule has 0 unspecified atom stereocenters. The molecule has 1 amide bonds. The number of alkyl carbamates (subject to hydrolysis) is 1. The first-order valence-electron chi connectivity index (χ1n) is 17.2. The molecular formula is C37H45ClN8O2S2. The third-order valence-electron chi connectivity index (χ3n) is 9.25. The molecule has 0 bridgehead atoms. The third-order valence-corrected chi connectivity index (χ3v) is 11.4. The maximum atomic E-state index is 12.0. The average molecular weight is 733 g/mol. The van der Waals surface area contributed by atoms with Crippen LogP contribution in [-0.2, 0) is 4.74 Å². The van der Waals surface area contributed by atoms with Gasteiger partial charge < -0.3 is 26.4 Å². The van der Waals surface area contributed by atoms with Crippen LogP contribution in [0.25, 0.3) is 40.6 Å². The number of fused-ring (bicyclic) bond motifs is 6. The summed E-state index contributed by atoms with van der Waals surface area (Å²) in [5.41, 5.74) is 5.52. The molecule has 2 aromatic carbocycles. The second-order valence-corrected chi connectivity index (χ2v) is 16.2. The highest BCUT2D eigenvalue weighted by molar-refractivity contribution is 7.25. The standard InChI is InChI=1S/C21H26N4O2S.C16H18N4S.ClH/c1-21(2,3)27-20(26)25-14-10-8-13(9-11-14)24-18-17-15-6-4-5-7-16(15)28-19(17)23-12-22-18;17-10-5-7-11(8-6-10)20-15-14-12-3-1-2-4-13(12)21-16(14)19-9-18-15;/h4-7,12-14H,8-11H2,1-3H3,(H,25,26)(H,22,23,24);1-4,9-11H,5-8,17H2,(H,18,19,20);1H. The van der Waals surface area contributed by atoms with Crippen molar-refractivity contribution in [3.05, 3.63) is 61.2 Å². The number of amides is 1. The summed E-state index contributed by atoms with van der Waals surface area (Å²) < 4.78 is 7.86. The van der Waals surface area contributed by atoms with Gasteiger partial charge in [-0.15, -0.1) is 35.1 Å². The Balaban J connectivity index is 0.000000176. The summed E-state index contributed by atoms with van der Waals surface area (Å²) in [6.45, 7) is 5.64. The Morgan fingerprint density at radius 1 is 0.700 bits per heavy atom. The number of thiophene rings is 2. The van der Waals surface area contributed by atoms with E-state index in [2.05, 4.69) is 84.4 Å². The van der Waals surface area contributed by atoms with E-state index in [1.54, 1.807) is 35.3 Å². The molecule has 0 saturated heterocycles. The molecule has 10 nitrogen and oxygen atoms in total. The number of anilines is 2. The largest absolute Gasteiger partial charge is 0.444 e. The molecule has 0 spiro atoms. The first-order valence-corrected chi connectivity index (χ1v) is 18.9. The Bertz CT molecular complexity index is 2060. The van der Waals surface area contributed by atoms with Crippen LogP contribution in [0.3, 0.4) is 0 Å². The fourth-order valence-electron chi connectivity index (χ4n) is 6.84. The van der Waals surface area contributed by atoms with Crippen molar-refractivity contribution < 1.29 is 9.53 Å². The van der Waals surface area contributed by atoms with Gasteiger partial charge in [-0.25, -0.2) is 24.7 Å².